The van der Waals surface area contributed by atoms with Crippen molar-refractivity contribution in [3.8, 4) is 17.2 Å². The normalized spacial score (nSPS) is 20.5. The molecule has 5 nitrogen and oxygen atoms in total. The van der Waals surface area contributed by atoms with E-state index in [0.717, 1.165) is 38.3 Å². The molecule has 1 atom stereocenters. The van der Waals surface area contributed by atoms with Crippen LogP contribution in [0.5, 0.6) is 17.2 Å². The highest BCUT2D eigenvalue weighted by molar-refractivity contribution is 5.95. The van der Waals surface area contributed by atoms with Crippen molar-refractivity contribution in [2.24, 2.45) is 0 Å². The van der Waals surface area contributed by atoms with Gasteiger partial charge in [0.15, 0.2) is 11.5 Å². The standard InChI is InChI=1S/C20H19NO4/c22-20(15-2-4-18-19(10-15)25-12-24-18)21-7-5-16(11-21)13-1-3-17-14(9-13)6-8-23-17/h1-4,9-10,16H,5-8,11-12H2/t16-/m1/s1. The zero-order valence-electron chi connectivity index (χ0n) is 13.9. The molecule has 5 heteroatoms. The van der Waals surface area contributed by atoms with Crippen LogP contribution in [0.25, 0.3) is 0 Å². The van der Waals surface area contributed by atoms with E-state index in [4.69, 9.17) is 14.2 Å². The van der Waals surface area contributed by atoms with E-state index >= 15 is 0 Å². The van der Waals surface area contributed by atoms with E-state index in [0.29, 0.717) is 23.0 Å². The van der Waals surface area contributed by atoms with Crippen molar-refractivity contribution >= 4 is 5.91 Å². The maximum atomic E-state index is 12.8. The lowest BCUT2D eigenvalue weighted by Gasteiger charge is -2.17. The van der Waals surface area contributed by atoms with Gasteiger partial charge in [0.25, 0.3) is 5.91 Å². The molecule has 3 aliphatic heterocycles. The van der Waals surface area contributed by atoms with Crippen molar-refractivity contribution in [3.63, 3.8) is 0 Å². The average Bonchev–Trinajstić information content (AvgIpc) is 3.39. The molecule has 1 fully saturated rings. The van der Waals surface area contributed by atoms with E-state index in [1.165, 1.54) is 11.1 Å². The van der Waals surface area contributed by atoms with Crippen LogP contribution in [0.1, 0.15) is 33.8 Å². The molecule has 2 aromatic rings. The summed E-state index contributed by atoms with van der Waals surface area (Å²) in [5.74, 6) is 2.82. The van der Waals surface area contributed by atoms with E-state index in [-0.39, 0.29) is 12.7 Å². The lowest BCUT2D eigenvalue weighted by atomic mass is 9.96. The fourth-order valence-electron chi connectivity index (χ4n) is 3.89. The predicted octanol–water partition coefficient (Wildman–Crippen LogP) is 2.98. The van der Waals surface area contributed by atoms with E-state index < -0.39 is 0 Å². The van der Waals surface area contributed by atoms with Gasteiger partial charge in [0, 0.05) is 31.0 Å². The second kappa shape index (κ2) is 5.69. The Bertz CT molecular complexity index is 848. The number of amides is 1. The molecule has 0 spiro atoms. The summed E-state index contributed by atoms with van der Waals surface area (Å²) < 4.78 is 16.3. The highest BCUT2D eigenvalue weighted by Gasteiger charge is 2.29. The third-order valence-corrected chi connectivity index (χ3v) is 5.28. The molecule has 2 aromatic carbocycles. The van der Waals surface area contributed by atoms with Gasteiger partial charge in [-0.1, -0.05) is 12.1 Å². The Morgan fingerprint density at radius 2 is 1.88 bits per heavy atom. The maximum Gasteiger partial charge on any atom is 0.254 e. The lowest BCUT2D eigenvalue weighted by molar-refractivity contribution is 0.0790. The highest BCUT2D eigenvalue weighted by Crippen LogP contribution is 2.35. The number of benzene rings is 2. The van der Waals surface area contributed by atoms with Crippen LogP contribution in [-0.4, -0.2) is 37.3 Å². The van der Waals surface area contributed by atoms with Gasteiger partial charge in [0.05, 0.1) is 6.61 Å². The molecular weight excluding hydrogens is 318 g/mol. The number of fused-ring (bicyclic) bond motifs is 2. The Morgan fingerprint density at radius 1 is 1.00 bits per heavy atom. The smallest absolute Gasteiger partial charge is 0.254 e. The number of carbonyl (C=O) groups excluding carboxylic acids is 1. The minimum absolute atomic E-state index is 0.0605. The van der Waals surface area contributed by atoms with Crippen LogP contribution in [-0.2, 0) is 6.42 Å². The van der Waals surface area contributed by atoms with Crippen LogP contribution in [0.15, 0.2) is 36.4 Å². The maximum absolute atomic E-state index is 12.8. The van der Waals surface area contributed by atoms with Crippen molar-refractivity contribution < 1.29 is 19.0 Å². The quantitative estimate of drug-likeness (QED) is 0.845. The van der Waals surface area contributed by atoms with E-state index in [1.807, 2.05) is 17.0 Å². The first-order valence-electron chi connectivity index (χ1n) is 8.72. The first-order chi connectivity index (χ1) is 12.3. The molecule has 0 saturated carbocycles. The molecule has 0 aromatic heterocycles. The number of ether oxygens (including phenoxy) is 3. The summed E-state index contributed by atoms with van der Waals surface area (Å²) in [7, 11) is 0. The molecular formula is C20H19NO4. The van der Waals surface area contributed by atoms with Crippen molar-refractivity contribution in [3.05, 3.63) is 53.1 Å². The van der Waals surface area contributed by atoms with E-state index in [9.17, 15) is 4.79 Å². The number of carbonyl (C=O) groups is 1. The summed E-state index contributed by atoms with van der Waals surface area (Å²) >= 11 is 0. The molecule has 0 radical (unpaired) electrons. The van der Waals surface area contributed by atoms with Gasteiger partial charge in [-0.25, -0.2) is 0 Å². The van der Waals surface area contributed by atoms with Gasteiger partial charge >= 0.3 is 0 Å². The number of hydrogen-bond donors (Lipinski definition) is 0. The third-order valence-electron chi connectivity index (χ3n) is 5.28. The molecule has 0 unspecified atom stereocenters. The van der Waals surface area contributed by atoms with E-state index in [2.05, 4.69) is 18.2 Å². The second-order valence-corrected chi connectivity index (χ2v) is 6.77. The van der Waals surface area contributed by atoms with Gasteiger partial charge in [0.2, 0.25) is 6.79 Å². The molecule has 5 rings (SSSR count). The second-order valence-electron chi connectivity index (χ2n) is 6.77. The number of rotatable bonds is 2. The van der Waals surface area contributed by atoms with Crippen LogP contribution >= 0.6 is 0 Å². The van der Waals surface area contributed by atoms with Gasteiger partial charge in [-0.15, -0.1) is 0 Å². The zero-order chi connectivity index (χ0) is 16.8. The van der Waals surface area contributed by atoms with Crippen LogP contribution in [0.4, 0.5) is 0 Å². The first kappa shape index (κ1) is 14.6. The van der Waals surface area contributed by atoms with Crippen molar-refractivity contribution in [2.75, 3.05) is 26.5 Å². The molecule has 1 amide bonds. The fourth-order valence-corrected chi connectivity index (χ4v) is 3.89. The van der Waals surface area contributed by atoms with Gasteiger partial charge in [-0.05, 0) is 41.8 Å². The summed E-state index contributed by atoms with van der Waals surface area (Å²) in [5, 5.41) is 0. The molecule has 3 heterocycles. The molecule has 0 aliphatic carbocycles. The summed E-state index contributed by atoms with van der Waals surface area (Å²) in [6.45, 7) is 2.54. The lowest BCUT2D eigenvalue weighted by Crippen LogP contribution is -2.28. The summed E-state index contributed by atoms with van der Waals surface area (Å²) in [4.78, 5) is 14.8. The Kier molecular flexibility index (Phi) is 3.33. The number of nitrogens with zero attached hydrogens (tertiary/aromatic N) is 1. The zero-order valence-corrected chi connectivity index (χ0v) is 13.9. The topological polar surface area (TPSA) is 48.0 Å². The summed E-state index contributed by atoms with van der Waals surface area (Å²) in [6.07, 6.45) is 1.98. The van der Waals surface area contributed by atoms with Crippen LogP contribution in [0.2, 0.25) is 0 Å². The molecule has 25 heavy (non-hydrogen) atoms. The Labute approximate surface area is 146 Å². The van der Waals surface area contributed by atoms with Gasteiger partial charge in [-0.3, -0.25) is 4.79 Å². The third kappa shape index (κ3) is 2.51. The van der Waals surface area contributed by atoms with Gasteiger partial charge in [0.1, 0.15) is 5.75 Å². The average molecular weight is 337 g/mol. The predicted molar refractivity (Wildman–Crippen MR) is 91.5 cm³/mol. The van der Waals surface area contributed by atoms with Crippen molar-refractivity contribution in [2.45, 2.75) is 18.8 Å². The molecule has 128 valence electrons. The first-order valence-corrected chi connectivity index (χ1v) is 8.72. The van der Waals surface area contributed by atoms with Crippen molar-refractivity contribution in [1.82, 2.24) is 4.90 Å². The minimum atomic E-state index is 0.0605. The summed E-state index contributed by atoms with van der Waals surface area (Å²) in [5.41, 5.74) is 3.26. The molecule has 0 N–H and O–H groups in total. The Hall–Kier alpha value is -2.69. The number of hydrogen-bond acceptors (Lipinski definition) is 4. The largest absolute Gasteiger partial charge is 0.493 e. The monoisotopic (exact) mass is 337 g/mol. The molecule has 1 saturated heterocycles. The van der Waals surface area contributed by atoms with Crippen molar-refractivity contribution in [1.29, 1.82) is 0 Å². The van der Waals surface area contributed by atoms with Gasteiger partial charge in [-0.2, -0.15) is 0 Å². The number of likely N-dealkylation sites (tertiary alicyclic amines) is 1. The van der Waals surface area contributed by atoms with Crippen LogP contribution in [0, 0.1) is 0 Å². The summed E-state index contributed by atoms with van der Waals surface area (Å²) in [6, 6.07) is 11.9. The highest BCUT2D eigenvalue weighted by atomic mass is 16.7. The Morgan fingerprint density at radius 3 is 2.84 bits per heavy atom. The fraction of sp³-hybridized carbons (Fsp3) is 0.350. The molecule has 3 aliphatic rings. The Balaban J connectivity index is 1.32. The SMILES string of the molecule is O=C(c1ccc2c(c1)OCO2)N1CC[C@@H](c2ccc3c(c2)CCO3)C1. The molecule has 0 bridgehead atoms. The minimum Gasteiger partial charge on any atom is -0.493 e. The van der Waals surface area contributed by atoms with Crippen LogP contribution < -0.4 is 14.2 Å². The van der Waals surface area contributed by atoms with E-state index in [1.54, 1.807) is 6.07 Å². The van der Waals surface area contributed by atoms with Crippen LogP contribution in [0.3, 0.4) is 0 Å². The van der Waals surface area contributed by atoms with Gasteiger partial charge < -0.3 is 19.1 Å².